The summed E-state index contributed by atoms with van der Waals surface area (Å²) < 4.78 is 1.56. The molecule has 0 aliphatic rings. The molecule has 0 saturated heterocycles. The number of aromatic nitrogens is 2. The lowest BCUT2D eigenvalue weighted by Gasteiger charge is -1.94. The van der Waals surface area contributed by atoms with Gasteiger partial charge in [0.25, 0.3) is 0 Å². The van der Waals surface area contributed by atoms with Gasteiger partial charge < -0.3 is 0 Å². The van der Waals surface area contributed by atoms with Crippen molar-refractivity contribution >= 4 is 21.6 Å². The zero-order valence-corrected chi connectivity index (χ0v) is 6.76. The van der Waals surface area contributed by atoms with Gasteiger partial charge in [0.1, 0.15) is 4.83 Å². The van der Waals surface area contributed by atoms with E-state index in [-0.39, 0.29) is 5.69 Å². The fraction of sp³-hybridized carbons (Fsp3) is 0.143. The largest absolute Gasteiger partial charge is 0.348 e. The molecule has 0 radical (unpaired) electrons. The molecule has 2 rings (SSSR count). The zero-order chi connectivity index (χ0) is 7.84. The molecule has 0 unspecified atom stereocenters. The van der Waals surface area contributed by atoms with E-state index >= 15 is 0 Å². The Morgan fingerprint density at radius 3 is 3.27 bits per heavy atom. The van der Waals surface area contributed by atoms with Gasteiger partial charge in [0, 0.05) is 18.6 Å². The minimum atomic E-state index is -0.194. The highest BCUT2D eigenvalue weighted by molar-refractivity contribution is 7.16. The number of hydrogen-bond acceptors (Lipinski definition) is 3. The first kappa shape index (κ1) is 6.54. The maximum atomic E-state index is 11.0. The van der Waals surface area contributed by atoms with Crippen molar-refractivity contribution < 1.29 is 0 Å². The van der Waals surface area contributed by atoms with Crippen LogP contribution in [0.25, 0.3) is 10.2 Å². The monoisotopic (exact) mass is 166 g/mol. The minimum absolute atomic E-state index is 0.194. The molecule has 0 spiro atoms. The lowest BCUT2D eigenvalue weighted by atomic mass is 10.4. The Labute approximate surface area is 66.9 Å². The van der Waals surface area contributed by atoms with E-state index in [0.29, 0.717) is 0 Å². The Kier molecular flexibility index (Phi) is 1.29. The first-order chi connectivity index (χ1) is 5.29. The van der Waals surface area contributed by atoms with Gasteiger partial charge in [0.05, 0.1) is 0 Å². The second-order valence-corrected chi connectivity index (χ2v) is 3.18. The van der Waals surface area contributed by atoms with Crippen LogP contribution in [0.1, 0.15) is 0 Å². The molecule has 0 bridgehead atoms. The van der Waals surface area contributed by atoms with Crippen molar-refractivity contribution in [3.63, 3.8) is 0 Å². The van der Waals surface area contributed by atoms with Gasteiger partial charge in [0.15, 0.2) is 0 Å². The van der Waals surface area contributed by atoms with Crippen LogP contribution < -0.4 is 5.69 Å². The van der Waals surface area contributed by atoms with Crippen molar-refractivity contribution in [2.75, 3.05) is 0 Å². The van der Waals surface area contributed by atoms with Gasteiger partial charge in [0.2, 0.25) is 0 Å². The molecular weight excluding hydrogens is 160 g/mol. The summed E-state index contributed by atoms with van der Waals surface area (Å²) in [4.78, 5) is 15.7. The molecule has 0 N–H and O–H groups in total. The van der Waals surface area contributed by atoms with Crippen molar-refractivity contribution in [2.45, 2.75) is 0 Å². The molecule has 3 nitrogen and oxygen atoms in total. The molecule has 56 valence electrons. The van der Waals surface area contributed by atoms with E-state index in [2.05, 4.69) is 4.98 Å². The molecule has 0 saturated carbocycles. The molecule has 2 aromatic heterocycles. The topological polar surface area (TPSA) is 34.9 Å². The van der Waals surface area contributed by atoms with Gasteiger partial charge in [-0.2, -0.15) is 0 Å². The first-order valence-corrected chi connectivity index (χ1v) is 4.06. The van der Waals surface area contributed by atoms with Crippen LogP contribution in [0, 0.1) is 0 Å². The Morgan fingerprint density at radius 1 is 1.64 bits per heavy atom. The predicted octanol–water partition coefficient (Wildman–Crippen LogP) is 0.995. The summed E-state index contributed by atoms with van der Waals surface area (Å²) >= 11 is 1.55. The molecule has 0 amide bonds. The van der Waals surface area contributed by atoms with Crippen LogP contribution in [0.3, 0.4) is 0 Å². The number of fused-ring (bicyclic) bond motifs is 1. The molecule has 0 aliphatic carbocycles. The van der Waals surface area contributed by atoms with Crippen molar-refractivity contribution in [1.29, 1.82) is 0 Å². The lowest BCUT2D eigenvalue weighted by Crippen LogP contribution is -2.18. The highest BCUT2D eigenvalue weighted by Gasteiger charge is 1.99. The Hall–Kier alpha value is -1.16. The van der Waals surface area contributed by atoms with Crippen molar-refractivity contribution in [3.05, 3.63) is 28.1 Å². The number of rotatable bonds is 0. The summed E-state index contributed by atoms with van der Waals surface area (Å²) in [6.45, 7) is 0. The van der Waals surface area contributed by atoms with Gasteiger partial charge in [-0.05, 0) is 11.4 Å². The third-order valence-electron chi connectivity index (χ3n) is 1.58. The zero-order valence-electron chi connectivity index (χ0n) is 5.94. The maximum Gasteiger partial charge on any atom is 0.348 e. The average Bonchev–Trinajstić information content (AvgIpc) is 2.45. The Bertz CT molecular complexity index is 443. The fourth-order valence-electron chi connectivity index (χ4n) is 0.980. The maximum absolute atomic E-state index is 11.0. The minimum Gasteiger partial charge on any atom is -0.286 e. The summed E-state index contributed by atoms with van der Waals surface area (Å²) in [6, 6.07) is 1.95. The fourth-order valence-corrected chi connectivity index (χ4v) is 1.82. The van der Waals surface area contributed by atoms with Crippen LogP contribution >= 0.6 is 11.3 Å². The highest BCUT2D eigenvalue weighted by atomic mass is 32.1. The molecule has 0 aliphatic heterocycles. The number of aryl methyl sites for hydroxylation is 1. The Balaban J connectivity index is 3.04. The van der Waals surface area contributed by atoms with Crippen molar-refractivity contribution in [2.24, 2.45) is 7.05 Å². The lowest BCUT2D eigenvalue weighted by molar-refractivity contribution is 0.860. The SMILES string of the molecule is Cn1c(=O)ncc2ccsc21. The second-order valence-electron chi connectivity index (χ2n) is 2.28. The summed E-state index contributed by atoms with van der Waals surface area (Å²) in [5.41, 5.74) is -0.194. The molecular formula is C7H6N2OS. The van der Waals surface area contributed by atoms with Gasteiger partial charge in [-0.3, -0.25) is 4.57 Å². The molecule has 4 heteroatoms. The number of nitrogens with zero attached hydrogens (tertiary/aromatic N) is 2. The molecule has 11 heavy (non-hydrogen) atoms. The van der Waals surface area contributed by atoms with Gasteiger partial charge in [-0.25, -0.2) is 9.78 Å². The molecule has 2 heterocycles. The van der Waals surface area contributed by atoms with Crippen LogP contribution in [0.15, 0.2) is 22.4 Å². The van der Waals surface area contributed by atoms with Crippen LogP contribution in [0.5, 0.6) is 0 Å². The first-order valence-electron chi connectivity index (χ1n) is 3.18. The summed E-state index contributed by atoms with van der Waals surface area (Å²) in [5, 5.41) is 2.98. The van der Waals surface area contributed by atoms with E-state index in [4.69, 9.17) is 0 Å². The quantitative estimate of drug-likeness (QED) is 0.585. The molecule has 0 aromatic carbocycles. The van der Waals surface area contributed by atoms with Crippen molar-refractivity contribution in [1.82, 2.24) is 9.55 Å². The molecule has 2 aromatic rings. The van der Waals surface area contributed by atoms with E-state index in [0.717, 1.165) is 10.2 Å². The van der Waals surface area contributed by atoms with Gasteiger partial charge >= 0.3 is 5.69 Å². The normalized spacial score (nSPS) is 10.6. The third-order valence-corrected chi connectivity index (χ3v) is 2.58. The Morgan fingerprint density at radius 2 is 2.45 bits per heavy atom. The smallest absolute Gasteiger partial charge is 0.286 e. The standard InChI is InChI=1S/C7H6N2OS/c1-9-6-5(2-3-11-6)4-8-7(9)10/h2-4H,1H3. The highest BCUT2D eigenvalue weighted by Crippen LogP contribution is 2.16. The predicted molar refractivity (Wildman–Crippen MR) is 44.9 cm³/mol. The third kappa shape index (κ3) is 0.867. The summed E-state index contributed by atoms with van der Waals surface area (Å²) in [6.07, 6.45) is 1.61. The van der Waals surface area contributed by atoms with Crippen LogP contribution in [0.4, 0.5) is 0 Å². The second kappa shape index (κ2) is 2.17. The van der Waals surface area contributed by atoms with E-state index in [1.54, 1.807) is 29.1 Å². The van der Waals surface area contributed by atoms with E-state index in [1.165, 1.54) is 0 Å². The van der Waals surface area contributed by atoms with Crippen LogP contribution in [-0.4, -0.2) is 9.55 Å². The summed E-state index contributed by atoms with van der Waals surface area (Å²) in [5.74, 6) is 0. The number of thiophene rings is 1. The summed E-state index contributed by atoms with van der Waals surface area (Å²) in [7, 11) is 1.73. The van der Waals surface area contributed by atoms with Crippen molar-refractivity contribution in [3.8, 4) is 0 Å². The number of hydrogen-bond donors (Lipinski definition) is 0. The van der Waals surface area contributed by atoms with E-state index < -0.39 is 0 Å². The molecule has 0 fully saturated rings. The average molecular weight is 166 g/mol. The van der Waals surface area contributed by atoms with E-state index in [1.807, 2.05) is 11.4 Å². The van der Waals surface area contributed by atoms with E-state index in [9.17, 15) is 4.79 Å². The van der Waals surface area contributed by atoms with Crippen LogP contribution in [-0.2, 0) is 7.05 Å². The van der Waals surface area contributed by atoms with Gasteiger partial charge in [-0.1, -0.05) is 0 Å². The van der Waals surface area contributed by atoms with Gasteiger partial charge in [-0.15, -0.1) is 11.3 Å². The van der Waals surface area contributed by atoms with Crippen LogP contribution in [0.2, 0.25) is 0 Å². The molecule has 0 atom stereocenters.